The van der Waals surface area contributed by atoms with Crippen LogP contribution in [0.5, 0.6) is 0 Å². The summed E-state index contributed by atoms with van der Waals surface area (Å²) in [6.45, 7) is 2.87. The van der Waals surface area contributed by atoms with Crippen LogP contribution in [-0.2, 0) is 14.4 Å². The summed E-state index contributed by atoms with van der Waals surface area (Å²) in [4.78, 5) is 40.8. The van der Waals surface area contributed by atoms with Crippen molar-refractivity contribution in [2.24, 2.45) is 17.8 Å². The highest BCUT2D eigenvalue weighted by atomic mass is 16.4. The van der Waals surface area contributed by atoms with Crippen LogP contribution in [0.25, 0.3) is 0 Å². The quantitative estimate of drug-likeness (QED) is 0.882. The summed E-state index contributed by atoms with van der Waals surface area (Å²) in [5.74, 6) is -1.17. The number of carboxylic acid groups (broad SMARTS) is 1. The number of hydrogen-bond acceptors (Lipinski definition) is 3. The van der Waals surface area contributed by atoms with Crippen molar-refractivity contribution in [2.45, 2.75) is 44.7 Å². The number of nitrogens with zero attached hydrogens (tertiary/aromatic N) is 2. The normalized spacial score (nSPS) is 31.2. The number of fused-ring (bicyclic) bond motifs is 1. The molecule has 3 fully saturated rings. The molecule has 1 aromatic rings. The molecule has 3 aliphatic rings. The summed E-state index contributed by atoms with van der Waals surface area (Å²) in [6.07, 6.45) is 3.10. The summed E-state index contributed by atoms with van der Waals surface area (Å²) in [5.41, 5.74) is 1.04. The smallest absolute Gasteiger partial charge is 0.326 e. The Bertz CT molecular complexity index is 750. The number of aliphatic carboxylic acids is 1. The first kappa shape index (κ1) is 18.0. The summed E-state index contributed by atoms with van der Waals surface area (Å²) in [7, 11) is 0. The molecule has 27 heavy (non-hydrogen) atoms. The number of amides is 2. The monoisotopic (exact) mass is 370 g/mol. The number of carbonyl (C=O) groups is 3. The lowest BCUT2D eigenvalue weighted by atomic mass is 9.94. The van der Waals surface area contributed by atoms with E-state index in [1.54, 1.807) is 9.80 Å². The number of likely N-dealkylation sites (tertiary alicyclic amines) is 2. The Hall–Kier alpha value is -2.37. The van der Waals surface area contributed by atoms with Crippen molar-refractivity contribution in [3.05, 3.63) is 35.9 Å². The van der Waals surface area contributed by atoms with E-state index in [0.717, 1.165) is 24.8 Å². The number of benzene rings is 1. The predicted molar refractivity (Wildman–Crippen MR) is 98.6 cm³/mol. The van der Waals surface area contributed by atoms with E-state index < -0.39 is 17.9 Å². The zero-order valence-corrected chi connectivity index (χ0v) is 15.6. The zero-order valence-electron chi connectivity index (χ0n) is 15.6. The SMILES string of the molecule is CC(c1ccccc1)N1CC(C(=O)N2CC3CCCC3C2C(=O)O)CC1=O. The largest absolute Gasteiger partial charge is 0.480 e. The topological polar surface area (TPSA) is 77.9 Å². The number of carbonyl (C=O) groups excluding carboxylic acids is 2. The molecule has 4 rings (SSSR count). The van der Waals surface area contributed by atoms with Gasteiger partial charge in [-0.3, -0.25) is 9.59 Å². The Labute approximate surface area is 159 Å². The second-order valence-corrected chi connectivity index (χ2v) is 8.16. The fourth-order valence-electron chi connectivity index (χ4n) is 5.27. The van der Waals surface area contributed by atoms with Crippen LogP contribution in [0.3, 0.4) is 0 Å². The maximum absolute atomic E-state index is 13.1. The first-order valence-corrected chi connectivity index (χ1v) is 9.85. The van der Waals surface area contributed by atoms with Crippen LogP contribution in [0.4, 0.5) is 0 Å². The van der Waals surface area contributed by atoms with E-state index in [0.29, 0.717) is 19.0 Å². The van der Waals surface area contributed by atoms with E-state index in [2.05, 4.69) is 0 Å². The minimum absolute atomic E-state index is 0.0315. The maximum Gasteiger partial charge on any atom is 0.326 e. The van der Waals surface area contributed by atoms with Gasteiger partial charge in [-0.15, -0.1) is 0 Å². The average molecular weight is 370 g/mol. The molecule has 1 aliphatic carbocycles. The molecule has 6 heteroatoms. The molecule has 0 bridgehead atoms. The molecule has 6 nitrogen and oxygen atoms in total. The molecule has 1 saturated carbocycles. The fourth-order valence-corrected chi connectivity index (χ4v) is 5.27. The minimum atomic E-state index is -0.906. The molecule has 5 unspecified atom stereocenters. The van der Waals surface area contributed by atoms with Gasteiger partial charge in [-0.05, 0) is 37.2 Å². The highest BCUT2D eigenvalue weighted by molar-refractivity contribution is 5.92. The molecule has 1 N–H and O–H groups in total. The molecule has 1 aromatic carbocycles. The third-order valence-electron chi connectivity index (χ3n) is 6.68. The van der Waals surface area contributed by atoms with Gasteiger partial charge < -0.3 is 14.9 Å². The summed E-state index contributed by atoms with van der Waals surface area (Å²) in [5, 5.41) is 9.69. The van der Waals surface area contributed by atoms with E-state index >= 15 is 0 Å². The third kappa shape index (κ3) is 3.11. The van der Waals surface area contributed by atoms with Crippen molar-refractivity contribution < 1.29 is 19.5 Å². The van der Waals surface area contributed by atoms with Gasteiger partial charge in [0.25, 0.3) is 0 Å². The summed E-state index contributed by atoms with van der Waals surface area (Å²) < 4.78 is 0. The van der Waals surface area contributed by atoms with Crippen LogP contribution in [-0.4, -0.2) is 51.8 Å². The van der Waals surface area contributed by atoms with Gasteiger partial charge in [0.1, 0.15) is 6.04 Å². The summed E-state index contributed by atoms with van der Waals surface area (Å²) >= 11 is 0. The van der Waals surface area contributed by atoms with Crippen molar-refractivity contribution in [1.29, 1.82) is 0 Å². The van der Waals surface area contributed by atoms with Crippen molar-refractivity contribution >= 4 is 17.8 Å². The Morgan fingerprint density at radius 1 is 1.15 bits per heavy atom. The lowest BCUT2D eigenvalue weighted by Gasteiger charge is -2.28. The van der Waals surface area contributed by atoms with E-state index in [1.807, 2.05) is 37.3 Å². The van der Waals surface area contributed by atoms with Crippen LogP contribution < -0.4 is 0 Å². The zero-order chi connectivity index (χ0) is 19.1. The van der Waals surface area contributed by atoms with Gasteiger partial charge >= 0.3 is 5.97 Å². The van der Waals surface area contributed by atoms with Crippen LogP contribution in [0.15, 0.2) is 30.3 Å². The van der Waals surface area contributed by atoms with Gasteiger partial charge in [0, 0.05) is 19.5 Å². The molecular formula is C21H26N2O4. The van der Waals surface area contributed by atoms with E-state index in [4.69, 9.17) is 0 Å². The van der Waals surface area contributed by atoms with E-state index in [1.165, 1.54) is 0 Å². The molecule has 5 atom stereocenters. The highest BCUT2D eigenvalue weighted by Gasteiger charge is 2.51. The van der Waals surface area contributed by atoms with Gasteiger partial charge in [-0.1, -0.05) is 36.8 Å². The Morgan fingerprint density at radius 3 is 2.59 bits per heavy atom. The van der Waals surface area contributed by atoms with Crippen LogP contribution >= 0.6 is 0 Å². The first-order chi connectivity index (χ1) is 13.0. The second kappa shape index (κ2) is 6.98. The lowest BCUT2D eigenvalue weighted by molar-refractivity contribution is -0.151. The second-order valence-electron chi connectivity index (χ2n) is 8.16. The molecule has 2 aliphatic heterocycles. The number of rotatable bonds is 4. The standard InChI is InChI=1S/C21H26N2O4/c1-13(14-6-3-2-4-7-14)22-12-16(10-18(22)24)20(25)23-11-15-8-5-9-17(15)19(23)21(26)27/h2-4,6-7,13,15-17,19H,5,8-12H2,1H3,(H,26,27). The molecule has 144 valence electrons. The Kier molecular flexibility index (Phi) is 4.66. The molecule has 0 radical (unpaired) electrons. The van der Waals surface area contributed by atoms with Crippen molar-refractivity contribution in [3.63, 3.8) is 0 Å². The number of hydrogen-bond donors (Lipinski definition) is 1. The first-order valence-electron chi connectivity index (χ1n) is 9.85. The average Bonchev–Trinajstić information content (AvgIpc) is 3.34. The van der Waals surface area contributed by atoms with Gasteiger partial charge in [0.05, 0.1) is 12.0 Å². The molecular weight excluding hydrogens is 344 g/mol. The predicted octanol–water partition coefficient (Wildman–Crippen LogP) is 2.31. The van der Waals surface area contributed by atoms with Crippen molar-refractivity contribution in [2.75, 3.05) is 13.1 Å². The van der Waals surface area contributed by atoms with Gasteiger partial charge in [-0.25, -0.2) is 4.79 Å². The fraction of sp³-hybridized carbons (Fsp3) is 0.571. The molecule has 0 aromatic heterocycles. The molecule has 0 spiro atoms. The van der Waals surface area contributed by atoms with Crippen LogP contribution in [0, 0.1) is 17.8 Å². The van der Waals surface area contributed by atoms with Crippen molar-refractivity contribution in [1.82, 2.24) is 9.80 Å². The van der Waals surface area contributed by atoms with Gasteiger partial charge in [0.2, 0.25) is 11.8 Å². The van der Waals surface area contributed by atoms with E-state index in [-0.39, 0.29) is 30.2 Å². The molecule has 2 saturated heterocycles. The Balaban J connectivity index is 1.48. The molecule has 2 amide bonds. The van der Waals surface area contributed by atoms with E-state index in [9.17, 15) is 19.5 Å². The molecule has 2 heterocycles. The van der Waals surface area contributed by atoms with Gasteiger partial charge in [0.15, 0.2) is 0 Å². The van der Waals surface area contributed by atoms with Crippen molar-refractivity contribution in [3.8, 4) is 0 Å². The minimum Gasteiger partial charge on any atom is -0.480 e. The number of carboxylic acids is 1. The third-order valence-corrected chi connectivity index (χ3v) is 6.68. The van der Waals surface area contributed by atoms with Gasteiger partial charge in [-0.2, -0.15) is 0 Å². The summed E-state index contributed by atoms with van der Waals surface area (Å²) in [6, 6.07) is 8.96. The van der Waals surface area contributed by atoms with Crippen LogP contribution in [0.2, 0.25) is 0 Å². The van der Waals surface area contributed by atoms with Crippen LogP contribution in [0.1, 0.15) is 44.2 Å². The lowest BCUT2D eigenvalue weighted by Crippen LogP contribution is -2.46. The Morgan fingerprint density at radius 2 is 1.89 bits per heavy atom. The maximum atomic E-state index is 13.1. The highest BCUT2D eigenvalue weighted by Crippen LogP contribution is 2.43.